The Bertz CT molecular complexity index is 402. The number of likely N-dealkylation sites (tertiary alicyclic amines) is 1. The molecule has 1 aliphatic rings. The van der Waals surface area contributed by atoms with Gasteiger partial charge in [0, 0.05) is 25.6 Å². The number of amides is 2. The Labute approximate surface area is 120 Å². The van der Waals surface area contributed by atoms with Gasteiger partial charge in [0.2, 0.25) is 0 Å². The molecule has 2 atom stereocenters. The van der Waals surface area contributed by atoms with Crippen LogP contribution in [0.3, 0.4) is 0 Å². The van der Waals surface area contributed by atoms with Crippen molar-refractivity contribution < 1.29 is 14.7 Å². The highest BCUT2D eigenvalue weighted by Crippen LogP contribution is 2.33. The molecular weight excluding hydrogens is 256 g/mol. The van der Waals surface area contributed by atoms with E-state index in [9.17, 15) is 14.7 Å². The van der Waals surface area contributed by atoms with Gasteiger partial charge in [-0.1, -0.05) is 13.8 Å². The van der Waals surface area contributed by atoms with Crippen LogP contribution >= 0.6 is 0 Å². The molecule has 2 unspecified atom stereocenters. The summed E-state index contributed by atoms with van der Waals surface area (Å²) in [6.45, 7) is 4.71. The number of urea groups is 1. The van der Waals surface area contributed by atoms with Crippen LogP contribution in [0.4, 0.5) is 4.79 Å². The fraction of sp³-hybridized carbons (Fsp3) is 0.733. The number of nitrogens with zero attached hydrogens (tertiary/aromatic N) is 1. The maximum atomic E-state index is 12.2. The van der Waals surface area contributed by atoms with E-state index >= 15 is 0 Å². The maximum Gasteiger partial charge on any atom is 0.317 e. The molecule has 2 amide bonds. The van der Waals surface area contributed by atoms with Crippen molar-refractivity contribution in [2.24, 2.45) is 5.41 Å². The molecule has 1 heterocycles. The van der Waals surface area contributed by atoms with Crippen molar-refractivity contribution in [2.45, 2.75) is 52.0 Å². The van der Waals surface area contributed by atoms with Gasteiger partial charge in [0.25, 0.3) is 0 Å². The lowest BCUT2D eigenvalue weighted by atomic mass is 9.78. The summed E-state index contributed by atoms with van der Waals surface area (Å²) in [5, 5.41) is 12.3. The summed E-state index contributed by atoms with van der Waals surface area (Å²) in [5.74, 6) is 1.73. The van der Waals surface area contributed by atoms with Gasteiger partial charge in [-0.2, -0.15) is 0 Å². The molecule has 1 aliphatic heterocycles. The van der Waals surface area contributed by atoms with Gasteiger partial charge in [-0.05, 0) is 25.7 Å². The predicted molar refractivity (Wildman–Crippen MR) is 77.2 cm³/mol. The van der Waals surface area contributed by atoms with E-state index in [1.165, 1.54) is 0 Å². The third kappa shape index (κ3) is 3.66. The molecule has 5 heteroatoms. The number of carboxylic acids is 1. The zero-order chi connectivity index (χ0) is 15.2. The quantitative estimate of drug-likeness (QED) is 0.757. The predicted octanol–water partition coefficient (Wildman–Crippen LogP) is 2.07. The zero-order valence-corrected chi connectivity index (χ0v) is 12.3. The molecule has 20 heavy (non-hydrogen) atoms. The standard InChI is InChI=1S/C15H24N2O3/c1-4-8-12(5-2)16-14(20)17-10-7-9-15(6-3,11-17)13(18)19/h1,12H,5-11H2,2-3H3,(H,16,20)(H,18,19). The molecule has 0 aliphatic carbocycles. The minimum atomic E-state index is -0.812. The summed E-state index contributed by atoms with van der Waals surface area (Å²) in [6, 6.07) is -0.249. The summed E-state index contributed by atoms with van der Waals surface area (Å²) in [7, 11) is 0. The fourth-order valence-electron chi connectivity index (χ4n) is 2.63. The van der Waals surface area contributed by atoms with E-state index in [1.807, 2.05) is 13.8 Å². The lowest BCUT2D eigenvalue weighted by Crippen LogP contribution is -2.53. The van der Waals surface area contributed by atoms with Crippen LogP contribution in [-0.4, -0.2) is 41.1 Å². The van der Waals surface area contributed by atoms with Crippen molar-refractivity contribution in [2.75, 3.05) is 13.1 Å². The summed E-state index contributed by atoms with van der Waals surface area (Å²) < 4.78 is 0. The second-order valence-corrected chi connectivity index (χ2v) is 5.43. The third-order valence-corrected chi connectivity index (χ3v) is 4.18. The minimum absolute atomic E-state index is 0.0460. The highest BCUT2D eigenvalue weighted by Gasteiger charge is 2.42. The molecule has 0 aromatic rings. The first kappa shape index (κ1) is 16.4. The Morgan fingerprint density at radius 2 is 2.20 bits per heavy atom. The number of piperidine rings is 1. The number of terminal acetylenes is 1. The molecule has 0 spiro atoms. The number of carboxylic acid groups (broad SMARTS) is 1. The van der Waals surface area contributed by atoms with Gasteiger partial charge in [-0.25, -0.2) is 4.79 Å². The van der Waals surface area contributed by atoms with Gasteiger partial charge < -0.3 is 15.3 Å². The topological polar surface area (TPSA) is 69.6 Å². The number of rotatable bonds is 5. The SMILES string of the molecule is C#CCC(CC)NC(=O)N1CCCC(CC)(C(=O)O)C1. The number of hydrogen-bond donors (Lipinski definition) is 2. The molecule has 1 saturated heterocycles. The third-order valence-electron chi connectivity index (χ3n) is 4.18. The van der Waals surface area contributed by atoms with Crippen molar-refractivity contribution >= 4 is 12.0 Å². The van der Waals surface area contributed by atoms with Crippen LogP contribution in [0, 0.1) is 17.8 Å². The summed E-state index contributed by atoms with van der Waals surface area (Å²) in [6.07, 6.45) is 8.42. The number of carbonyl (C=O) groups excluding carboxylic acids is 1. The van der Waals surface area contributed by atoms with Gasteiger partial charge in [-0.3, -0.25) is 4.79 Å². The lowest BCUT2D eigenvalue weighted by molar-refractivity contribution is -0.152. The summed E-state index contributed by atoms with van der Waals surface area (Å²) in [4.78, 5) is 25.3. The van der Waals surface area contributed by atoms with Gasteiger partial charge in [0.05, 0.1) is 5.41 Å². The average molecular weight is 280 g/mol. The largest absolute Gasteiger partial charge is 0.481 e. The van der Waals surface area contributed by atoms with E-state index < -0.39 is 11.4 Å². The normalized spacial score (nSPS) is 23.8. The molecule has 0 bridgehead atoms. The van der Waals surface area contributed by atoms with Gasteiger partial charge in [-0.15, -0.1) is 12.3 Å². The van der Waals surface area contributed by atoms with E-state index in [1.54, 1.807) is 4.90 Å². The molecule has 5 nitrogen and oxygen atoms in total. The van der Waals surface area contributed by atoms with E-state index in [4.69, 9.17) is 6.42 Å². The number of nitrogens with one attached hydrogen (secondary N) is 1. The molecule has 0 saturated carbocycles. The van der Waals surface area contributed by atoms with Crippen molar-refractivity contribution in [3.05, 3.63) is 0 Å². The molecule has 1 fully saturated rings. The van der Waals surface area contributed by atoms with Crippen LogP contribution in [0.2, 0.25) is 0 Å². The van der Waals surface area contributed by atoms with Gasteiger partial charge in [0.15, 0.2) is 0 Å². The zero-order valence-electron chi connectivity index (χ0n) is 12.3. The second-order valence-electron chi connectivity index (χ2n) is 5.43. The van der Waals surface area contributed by atoms with Crippen molar-refractivity contribution in [3.8, 4) is 12.3 Å². The first-order valence-electron chi connectivity index (χ1n) is 7.21. The van der Waals surface area contributed by atoms with Gasteiger partial charge >= 0.3 is 12.0 Å². The monoisotopic (exact) mass is 280 g/mol. The van der Waals surface area contributed by atoms with E-state index in [0.717, 1.165) is 12.8 Å². The van der Waals surface area contributed by atoms with Crippen LogP contribution in [0.5, 0.6) is 0 Å². The first-order valence-corrected chi connectivity index (χ1v) is 7.21. The summed E-state index contributed by atoms with van der Waals surface area (Å²) in [5.41, 5.74) is -0.802. The van der Waals surface area contributed by atoms with E-state index in [0.29, 0.717) is 25.8 Å². The Balaban J connectivity index is 2.69. The van der Waals surface area contributed by atoms with Crippen LogP contribution < -0.4 is 5.32 Å². The van der Waals surface area contributed by atoms with Crippen LogP contribution in [0.25, 0.3) is 0 Å². The first-order chi connectivity index (χ1) is 9.49. The van der Waals surface area contributed by atoms with Crippen LogP contribution in [0.15, 0.2) is 0 Å². The van der Waals surface area contributed by atoms with Crippen molar-refractivity contribution in [1.82, 2.24) is 10.2 Å². The minimum Gasteiger partial charge on any atom is -0.481 e. The van der Waals surface area contributed by atoms with Crippen molar-refractivity contribution in [3.63, 3.8) is 0 Å². The van der Waals surface area contributed by atoms with E-state index in [-0.39, 0.29) is 18.6 Å². The molecule has 0 aromatic carbocycles. The molecule has 0 aromatic heterocycles. The van der Waals surface area contributed by atoms with Crippen molar-refractivity contribution in [1.29, 1.82) is 0 Å². The molecule has 1 rings (SSSR count). The highest BCUT2D eigenvalue weighted by molar-refractivity contribution is 5.79. The Morgan fingerprint density at radius 3 is 2.70 bits per heavy atom. The molecule has 112 valence electrons. The number of carbonyl (C=O) groups is 2. The second kappa shape index (κ2) is 7.18. The summed E-state index contributed by atoms with van der Waals surface area (Å²) >= 11 is 0. The van der Waals surface area contributed by atoms with Crippen LogP contribution in [0.1, 0.15) is 46.0 Å². The Kier molecular flexibility index (Phi) is 5.87. The molecular formula is C15H24N2O3. The highest BCUT2D eigenvalue weighted by atomic mass is 16.4. The Morgan fingerprint density at radius 1 is 1.50 bits per heavy atom. The fourth-order valence-corrected chi connectivity index (χ4v) is 2.63. The number of hydrogen-bond acceptors (Lipinski definition) is 2. The number of aliphatic carboxylic acids is 1. The molecule has 0 radical (unpaired) electrons. The smallest absolute Gasteiger partial charge is 0.317 e. The molecule has 2 N–H and O–H groups in total. The maximum absolute atomic E-state index is 12.2. The van der Waals surface area contributed by atoms with E-state index in [2.05, 4.69) is 11.2 Å². The van der Waals surface area contributed by atoms with Crippen LogP contribution in [-0.2, 0) is 4.79 Å². The Hall–Kier alpha value is -1.70. The van der Waals surface area contributed by atoms with Gasteiger partial charge in [0.1, 0.15) is 0 Å². The lowest BCUT2D eigenvalue weighted by Gasteiger charge is -2.39. The average Bonchev–Trinajstić information content (AvgIpc) is 2.46.